The quantitative estimate of drug-likeness (QED) is 0.476. The lowest BCUT2D eigenvalue weighted by molar-refractivity contribution is -0.137. The summed E-state index contributed by atoms with van der Waals surface area (Å²) in [6.45, 7) is 1.91. The maximum absolute atomic E-state index is 13.0. The van der Waals surface area contributed by atoms with Crippen molar-refractivity contribution in [2.45, 2.75) is 30.1 Å². The maximum Gasteiger partial charge on any atom is 0.416 e. The molecule has 0 unspecified atom stereocenters. The van der Waals surface area contributed by atoms with Gasteiger partial charge in [0.15, 0.2) is 5.16 Å². The van der Waals surface area contributed by atoms with Gasteiger partial charge in [-0.2, -0.15) is 13.2 Å². The lowest BCUT2D eigenvalue weighted by Crippen LogP contribution is -2.49. The van der Waals surface area contributed by atoms with E-state index in [0.29, 0.717) is 42.9 Å². The van der Waals surface area contributed by atoms with Gasteiger partial charge in [0.25, 0.3) is 0 Å². The molecule has 0 spiro atoms. The third-order valence-corrected chi connectivity index (χ3v) is 7.02. The second-order valence-corrected chi connectivity index (χ2v) is 9.43. The number of benzene rings is 2. The Morgan fingerprint density at radius 2 is 1.65 bits per heavy atom. The van der Waals surface area contributed by atoms with Gasteiger partial charge in [-0.1, -0.05) is 36.0 Å². The second-order valence-electron chi connectivity index (χ2n) is 8.49. The number of carbonyl (C=O) groups is 1. The summed E-state index contributed by atoms with van der Waals surface area (Å²) in [7, 11) is 0. The Morgan fingerprint density at radius 1 is 0.941 bits per heavy atom. The molecule has 178 valence electrons. The summed E-state index contributed by atoms with van der Waals surface area (Å²) in [5, 5.41) is 9.45. The zero-order valence-corrected chi connectivity index (χ0v) is 19.2. The van der Waals surface area contributed by atoms with Crippen LogP contribution in [0.2, 0.25) is 0 Å². The lowest BCUT2D eigenvalue weighted by Gasteiger charge is -2.36. The van der Waals surface area contributed by atoms with Gasteiger partial charge in [-0.05, 0) is 43.2 Å². The molecule has 0 bridgehead atoms. The lowest BCUT2D eigenvalue weighted by atomic mass is 10.1. The highest BCUT2D eigenvalue weighted by molar-refractivity contribution is 7.99. The number of nitrogens with zero attached hydrogens (tertiary/aromatic N) is 5. The second kappa shape index (κ2) is 9.32. The van der Waals surface area contributed by atoms with Gasteiger partial charge < -0.3 is 9.80 Å². The van der Waals surface area contributed by atoms with Gasteiger partial charge in [0, 0.05) is 43.5 Å². The zero-order chi connectivity index (χ0) is 23.7. The van der Waals surface area contributed by atoms with Gasteiger partial charge in [-0.25, -0.2) is 0 Å². The maximum atomic E-state index is 13.0. The Kier molecular flexibility index (Phi) is 6.24. The van der Waals surface area contributed by atoms with E-state index in [1.54, 1.807) is 11.0 Å². The fourth-order valence-electron chi connectivity index (χ4n) is 4.11. The largest absolute Gasteiger partial charge is 0.416 e. The number of amides is 1. The SMILES string of the molecule is O=C(CSc1nnc(C2CC2)n1-c1ccccc1)N1CCN(c2cccc(C(F)(F)F)c2)CC1. The van der Waals surface area contributed by atoms with E-state index < -0.39 is 11.7 Å². The highest BCUT2D eigenvalue weighted by atomic mass is 32.2. The first-order valence-corrected chi connectivity index (χ1v) is 12.2. The van der Waals surface area contributed by atoms with Crippen LogP contribution in [0.5, 0.6) is 0 Å². The van der Waals surface area contributed by atoms with Crippen LogP contribution in [0.1, 0.15) is 30.1 Å². The molecule has 10 heteroatoms. The van der Waals surface area contributed by atoms with Crippen molar-refractivity contribution in [3.05, 3.63) is 66.0 Å². The predicted molar refractivity (Wildman–Crippen MR) is 124 cm³/mol. The number of carbonyl (C=O) groups excluding carboxylic acids is 1. The molecule has 6 nitrogen and oxygen atoms in total. The number of hydrogen-bond acceptors (Lipinski definition) is 5. The Balaban J connectivity index is 1.20. The van der Waals surface area contributed by atoms with Crippen LogP contribution in [0.4, 0.5) is 18.9 Å². The van der Waals surface area contributed by atoms with E-state index in [1.165, 1.54) is 23.9 Å². The molecule has 1 saturated carbocycles. The van der Waals surface area contributed by atoms with Gasteiger partial charge in [0.2, 0.25) is 5.91 Å². The average Bonchev–Trinajstić information content (AvgIpc) is 3.61. The van der Waals surface area contributed by atoms with Crippen LogP contribution in [0.15, 0.2) is 59.8 Å². The summed E-state index contributed by atoms with van der Waals surface area (Å²) in [6, 6.07) is 15.2. The number of para-hydroxylation sites is 1. The molecule has 0 atom stereocenters. The highest BCUT2D eigenvalue weighted by Crippen LogP contribution is 2.41. The number of aromatic nitrogens is 3. The van der Waals surface area contributed by atoms with Crippen LogP contribution in [-0.2, 0) is 11.0 Å². The summed E-state index contributed by atoms with van der Waals surface area (Å²) in [5.74, 6) is 1.58. The number of rotatable bonds is 6. The van der Waals surface area contributed by atoms with E-state index >= 15 is 0 Å². The first-order valence-electron chi connectivity index (χ1n) is 11.2. The molecule has 2 aliphatic rings. The summed E-state index contributed by atoms with van der Waals surface area (Å²) < 4.78 is 41.1. The van der Waals surface area contributed by atoms with E-state index in [9.17, 15) is 18.0 Å². The summed E-state index contributed by atoms with van der Waals surface area (Å²) in [4.78, 5) is 16.5. The molecule has 0 radical (unpaired) electrons. The molecule has 1 aliphatic carbocycles. The molecule has 2 fully saturated rings. The molecule has 34 heavy (non-hydrogen) atoms. The van der Waals surface area contributed by atoms with Crippen molar-refractivity contribution >= 4 is 23.4 Å². The first kappa shape index (κ1) is 22.8. The molecule has 5 rings (SSSR count). The minimum atomic E-state index is -4.37. The Bertz CT molecular complexity index is 1150. The predicted octanol–water partition coefficient (Wildman–Crippen LogP) is 4.60. The van der Waals surface area contributed by atoms with E-state index in [2.05, 4.69) is 10.2 Å². The minimum absolute atomic E-state index is 0.00993. The van der Waals surface area contributed by atoms with Crippen molar-refractivity contribution in [3.63, 3.8) is 0 Å². The average molecular weight is 488 g/mol. The molecular formula is C24H24F3N5OS. The Hall–Kier alpha value is -3.01. The van der Waals surface area contributed by atoms with Gasteiger partial charge in [-0.3, -0.25) is 9.36 Å². The van der Waals surface area contributed by atoms with Crippen molar-refractivity contribution < 1.29 is 18.0 Å². The third kappa shape index (κ3) is 4.91. The summed E-state index contributed by atoms with van der Waals surface area (Å²) in [6.07, 6.45) is -2.17. The fourth-order valence-corrected chi connectivity index (χ4v) is 4.97. The van der Waals surface area contributed by atoms with Crippen LogP contribution in [0, 0.1) is 0 Å². The number of alkyl halides is 3. The summed E-state index contributed by atoms with van der Waals surface area (Å²) in [5.41, 5.74) is 0.854. The molecular weight excluding hydrogens is 463 g/mol. The topological polar surface area (TPSA) is 54.3 Å². The molecule has 2 heterocycles. The molecule has 1 saturated heterocycles. The van der Waals surface area contributed by atoms with E-state index in [0.717, 1.165) is 30.4 Å². The Labute approximate surface area is 199 Å². The van der Waals surface area contributed by atoms with Crippen LogP contribution in [0.25, 0.3) is 5.69 Å². The van der Waals surface area contributed by atoms with Crippen molar-refractivity contribution in [2.75, 3.05) is 36.8 Å². The molecule has 2 aromatic carbocycles. The molecule has 1 amide bonds. The highest BCUT2D eigenvalue weighted by Gasteiger charge is 2.32. The van der Waals surface area contributed by atoms with Gasteiger partial charge in [0.1, 0.15) is 5.82 Å². The molecule has 1 aromatic heterocycles. The normalized spacial score (nSPS) is 16.7. The van der Waals surface area contributed by atoms with Gasteiger partial charge in [0.05, 0.1) is 11.3 Å². The Morgan fingerprint density at radius 3 is 2.32 bits per heavy atom. The number of anilines is 1. The van der Waals surface area contributed by atoms with E-state index in [-0.39, 0.29) is 11.7 Å². The fraction of sp³-hybridized carbons (Fsp3) is 0.375. The van der Waals surface area contributed by atoms with Gasteiger partial charge in [-0.15, -0.1) is 10.2 Å². The van der Waals surface area contributed by atoms with Crippen molar-refractivity contribution in [1.29, 1.82) is 0 Å². The smallest absolute Gasteiger partial charge is 0.368 e. The zero-order valence-electron chi connectivity index (χ0n) is 18.4. The van der Waals surface area contributed by atoms with Crippen LogP contribution >= 0.6 is 11.8 Å². The summed E-state index contributed by atoms with van der Waals surface area (Å²) >= 11 is 1.37. The number of halogens is 3. The van der Waals surface area contributed by atoms with Crippen molar-refractivity contribution in [2.24, 2.45) is 0 Å². The van der Waals surface area contributed by atoms with Crippen LogP contribution in [-0.4, -0.2) is 57.5 Å². The van der Waals surface area contributed by atoms with E-state index in [1.807, 2.05) is 39.8 Å². The van der Waals surface area contributed by atoms with Crippen molar-refractivity contribution in [3.8, 4) is 5.69 Å². The first-order chi connectivity index (χ1) is 16.4. The van der Waals surface area contributed by atoms with Crippen molar-refractivity contribution in [1.82, 2.24) is 19.7 Å². The molecule has 1 aliphatic heterocycles. The third-order valence-electron chi connectivity index (χ3n) is 6.11. The number of piperazine rings is 1. The van der Waals surface area contributed by atoms with Crippen LogP contribution < -0.4 is 4.90 Å². The minimum Gasteiger partial charge on any atom is -0.368 e. The van der Waals surface area contributed by atoms with Crippen LogP contribution in [0.3, 0.4) is 0 Å². The molecule has 0 N–H and O–H groups in total. The van der Waals surface area contributed by atoms with Gasteiger partial charge >= 0.3 is 6.18 Å². The number of hydrogen-bond donors (Lipinski definition) is 0. The van der Waals surface area contributed by atoms with E-state index in [4.69, 9.17) is 0 Å². The molecule has 3 aromatic rings. The standard InChI is InChI=1S/C24H24F3N5OS/c25-24(26,27)18-5-4-8-20(15-18)30-11-13-31(14-12-30)21(33)16-34-23-29-28-22(17-9-10-17)32(23)19-6-2-1-3-7-19/h1-8,15,17H,9-14,16H2. The monoisotopic (exact) mass is 487 g/mol. The number of thioether (sulfide) groups is 1.